The first-order valence-electron chi connectivity index (χ1n) is 7.28. The normalized spacial score (nSPS) is 13.8. The molecule has 2 rings (SSSR count). The first kappa shape index (κ1) is 15.8. The highest BCUT2D eigenvalue weighted by atomic mass is 32.1. The summed E-state index contributed by atoms with van der Waals surface area (Å²) >= 11 is 1.42. The lowest BCUT2D eigenvalue weighted by molar-refractivity contribution is -0.121. The van der Waals surface area contributed by atoms with Crippen LogP contribution in [0.3, 0.4) is 0 Å². The van der Waals surface area contributed by atoms with Crippen LogP contribution < -0.4 is 10.6 Å². The Bertz CT molecular complexity index is 512. The minimum Gasteiger partial charge on any atom is -0.461 e. The van der Waals surface area contributed by atoms with Crippen molar-refractivity contribution in [1.82, 2.24) is 10.3 Å². The van der Waals surface area contributed by atoms with E-state index in [-0.39, 0.29) is 11.9 Å². The predicted octanol–water partition coefficient (Wildman–Crippen LogP) is 2.10. The molecule has 1 aliphatic carbocycles. The van der Waals surface area contributed by atoms with Crippen LogP contribution in [0.4, 0.5) is 5.13 Å². The third-order valence-electron chi connectivity index (χ3n) is 3.06. The number of nitrogens with one attached hydrogen (secondary N) is 2. The molecule has 0 saturated heterocycles. The molecule has 7 heteroatoms. The van der Waals surface area contributed by atoms with Gasteiger partial charge >= 0.3 is 5.97 Å². The lowest BCUT2D eigenvalue weighted by Gasteiger charge is -2.04. The molecule has 116 valence electrons. The highest BCUT2D eigenvalue weighted by Gasteiger charge is 2.22. The van der Waals surface area contributed by atoms with Crippen molar-refractivity contribution in [2.75, 3.05) is 18.5 Å². The molecule has 0 unspecified atom stereocenters. The van der Waals surface area contributed by atoms with E-state index < -0.39 is 0 Å². The Hall–Kier alpha value is -1.63. The number of esters is 1. The quantitative estimate of drug-likeness (QED) is 0.567. The van der Waals surface area contributed by atoms with Crippen LogP contribution in [0.25, 0.3) is 0 Å². The molecule has 0 aliphatic heterocycles. The van der Waals surface area contributed by atoms with E-state index in [2.05, 4.69) is 15.6 Å². The molecule has 0 spiro atoms. The number of nitrogens with zero attached hydrogens (tertiary/aromatic N) is 1. The van der Waals surface area contributed by atoms with Gasteiger partial charge in [0.05, 0.1) is 6.61 Å². The summed E-state index contributed by atoms with van der Waals surface area (Å²) in [6.07, 6.45) is 3.47. The smallest absolute Gasteiger partial charge is 0.358 e. The highest BCUT2D eigenvalue weighted by Crippen LogP contribution is 2.22. The molecule has 1 amide bonds. The van der Waals surface area contributed by atoms with Gasteiger partial charge in [0.2, 0.25) is 5.91 Å². The molecule has 1 fully saturated rings. The van der Waals surface area contributed by atoms with Gasteiger partial charge in [0.25, 0.3) is 0 Å². The molecular formula is C14H21N3O3S. The van der Waals surface area contributed by atoms with Crippen molar-refractivity contribution in [2.45, 2.75) is 45.6 Å². The molecule has 21 heavy (non-hydrogen) atoms. The van der Waals surface area contributed by atoms with Crippen LogP contribution in [0.15, 0.2) is 0 Å². The Morgan fingerprint density at radius 3 is 2.86 bits per heavy atom. The number of aryl methyl sites for hydroxylation is 1. The number of carbonyl (C=O) groups is 2. The number of hydrogen-bond donors (Lipinski definition) is 2. The minimum absolute atomic E-state index is 0.113. The van der Waals surface area contributed by atoms with Gasteiger partial charge in [0.15, 0.2) is 10.8 Å². The molecule has 1 heterocycles. The lowest BCUT2D eigenvalue weighted by Crippen LogP contribution is -2.25. The van der Waals surface area contributed by atoms with E-state index >= 15 is 0 Å². The fourth-order valence-corrected chi connectivity index (χ4v) is 2.66. The average molecular weight is 311 g/mol. The van der Waals surface area contributed by atoms with Gasteiger partial charge in [-0.25, -0.2) is 9.78 Å². The summed E-state index contributed by atoms with van der Waals surface area (Å²) in [5.41, 5.74) is 0.371. The molecule has 0 radical (unpaired) electrons. The van der Waals surface area contributed by atoms with Crippen molar-refractivity contribution in [1.29, 1.82) is 0 Å². The fourth-order valence-electron chi connectivity index (χ4n) is 1.83. The molecule has 1 aromatic rings. The summed E-state index contributed by atoms with van der Waals surface area (Å²) in [5, 5.41) is 6.79. The Balaban J connectivity index is 1.71. The second-order valence-electron chi connectivity index (χ2n) is 5.02. The van der Waals surface area contributed by atoms with Gasteiger partial charge in [-0.3, -0.25) is 4.79 Å². The molecule has 1 aliphatic rings. The topological polar surface area (TPSA) is 80.3 Å². The number of anilines is 1. The van der Waals surface area contributed by atoms with Crippen molar-refractivity contribution < 1.29 is 14.3 Å². The highest BCUT2D eigenvalue weighted by molar-refractivity contribution is 7.15. The number of ether oxygens (including phenoxy) is 1. The maximum absolute atomic E-state index is 11.6. The Kier molecular flexibility index (Phi) is 5.55. The zero-order valence-electron chi connectivity index (χ0n) is 12.4. The minimum atomic E-state index is -0.386. The summed E-state index contributed by atoms with van der Waals surface area (Å²) in [7, 11) is 0. The van der Waals surface area contributed by atoms with E-state index in [0.29, 0.717) is 36.4 Å². The average Bonchev–Trinajstić information content (AvgIpc) is 3.16. The van der Waals surface area contributed by atoms with Crippen molar-refractivity contribution in [3.63, 3.8) is 0 Å². The van der Waals surface area contributed by atoms with Gasteiger partial charge < -0.3 is 15.4 Å². The second-order valence-corrected chi connectivity index (χ2v) is 6.22. The van der Waals surface area contributed by atoms with Crippen LogP contribution in [0.5, 0.6) is 0 Å². The molecule has 1 aromatic heterocycles. The number of rotatable bonds is 8. The van der Waals surface area contributed by atoms with Gasteiger partial charge in [-0.2, -0.15) is 0 Å². The van der Waals surface area contributed by atoms with Crippen molar-refractivity contribution >= 4 is 28.3 Å². The number of thiazole rings is 1. The van der Waals surface area contributed by atoms with Crippen molar-refractivity contribution in [2.24, 2.45) is 0 Å². The van der Waals surface area contributed by atoms with Gasteiger partial charge in [-0.1, -0.05) is 0 Å². The second kappa shape index (κ2) is 7.40. The van der Waals surface area contributed by atoms with Crippen molar-refractivity contribution in [3.8, 4) is 0 Å². The number of carbonyl (C=O) groups excluding carboxylic acids is 2. The van der Waals surface area contributed by atoms with Crippen LogP contribution in [0.1, 0.15) is 48.0 Å². The zero-order chi connectivity index (χ0) is 15.2. The number of aromatic nitrogens is 1. The van der Waals surface area contributed by atoms with E-state index in [1.165, 1.54) is 11.3 Å². The molecule has 6 nitrogen and oxygen atoms in total. The lowest BCUT2D eigenvalue weighted by atomic mass is 10.3. The standard InChI is InChI=1S/C14H21N3O3S/c1-3-20-13(19)12-9(2)21-14(17-12)15-8-4-5-11(18)16-10-6-7-10/h10H,3-8H2,1-2H3,(H,15,17)(H,16,18). The fraction of sp³-hybridized carbons (Fsp3) is 0.643. The zero-order valence-corrected chi connectivity index (χ0v) is 13.2. The molecule has 0 aromatic carbocycles. The molecule has 0 atom stereocenters. The third kappa shape index (κ3) is 5.00. The van der Waals surface area contributed by atoms with E-state index in [4.69, 9.17) is 4.74 Å². The predicted molar refractivity (Wildman–Crippen MR) is 81.7 cm³/mol. The first-order valence-corrected chi connectivity index (χ1v) is 8.09. The van der Waals surface area contributed by atoms with E-state index in [1.54, 1.807) is 6.92 Å². The van der Waals surface area contributed by atoms with Gasteiger partial charge in [0.1, 0.15) is 0 Å². The molecular weight excluding hydrogens is 290 g/mol. The monoisotopic (exact) mass is 311 g/mol. The Morgan fingerprint density at radius 1 is 1.43 bits per heavy atom. The molecule has 1 saturated carbocycles. The van der Waals surface area contributed by atoms with Crippen LogP contribution in [-0.4, -0.2) is 36.1 Å². The third-order valence-corrected chi connectivity index (χ3v) is 3.99. The number of amides is 1. The van der Waals surface area contributed by atoms with E-state index in [0.717, 1.165) is 24.1 Å². The summed E-state index contributed by atoms with van der Waals surface area (Å²) in [6, 6.07) is 0.416. The van der Waals surface area contributed by atoms with Crippen LogP contribution in [0.2, 0.25) is 0 Å². The Labute approximate surface area is 128 Å². The number of hydrogen-bond acceptors (Lipinski definition) is 6. The maximum atomic E-state index is 11.6. The molecule has 0 bridgehead atoms. The Morgan fingerprint density at radius 2 is 2.19 bits per heavy atom. The van der Waals surface area contributed by atoms with Crippen LogP contribution >= 0.6 is 11.3 Å². The summed E-state index contributed by atoms with van der Waals surface area (Å²) < 4.78 is 4.95. The maximum Gasteiger partial charge on any atom is 0.358 e. The largest absolute Gasteiger partial charge is 0.461 e. The summed E-state index contributed by atoms with van der Waals surface area (Å²) in [5.74, 6) is -0.273. The summed E-state index contributed by atoms with van der Waals surface area (Å²) in [6.45, 7) is 4.62. The van der Waals surface area contributed by atoms with Crippen molar-refractivity contribution in [3.05, 3.63) is 10.6 Å². The van der Waals surface area contributed by atoms with Gasteiger partial charge in [-0.15, -0.1) is 11.3 Å². The van der Waals surface area contributed by atoms with Gasteiger partial charge in [0, 0.05) is 23.9 Å². The SMILES string of the molecule is CCOC(=O)c1nc(NCCCC(=O)NC2CC2)sc1C. The van der Waals surface area contributed by atoms with Crippen LogP contribution in [0, 0.1) is 6.92 Å². The molecule has 2 N–H and O–H groups in total. The summed E-state index contributed by atoms with van der Waals surface area (Å²) in [4.78, 5) is 28.2. The van der Waals surface area contributed by atoms with E-state index in [1.807, 2.05) is 6.92 Å². The first-order chi connectivity index (χ1) is 10.1. The van der Waals surface area contributed by atoms with E-state index in [9.17, 15) is 9.59 Å². The van der Waals surface area contributed by atoms with Crippen LogP contribution in [-0.2, 0) is 9.53 Å². The van der Waals surface area contributed by atoms with Gasteiger partial charge in [-0.05, 0) is 33.1 Å².